The molecule has 2 aliphatic heterocycles. The van der Waals surface area contributed by atoms with Crippen LogP contribution in [0.25, 0.3) is 10.9 Å². The van der Waals surface area contributed by atoms with Crippen molar-refractivity contribution in [2.75, 3.05) is 19.6 Å². The number of benzene rings is 1. The van der Waals surface area contributed by atoms with Gasteiger partial charge in [0, 0.05) is 32.1 Å². The van der Waals surface area contributed by atoms with Gasteiger partial charge in [0.05, 0.1) is 17.2 Å². The molecule has 7 heteroatoms. The third-order valence-corrected chi connectivity index (χ3v) is 5.54. The van der Waals surface area contributed by atoms with Crippen LogP contribution in [-0.2, 0) is 11.3 Å². The lowest BCUT2D eigenvalue weighted by Gasteiger charge is -2.41. The lowest BCUT2D eigenvalue weighted by Crippen LogP contribution is -2.53. The number of aryl methyl sites for hydroxylation is 1. The fourth-order valence-corrected chi connectivity index (χ4v) is 4.11. The number of likely N-dealkylation sites (tertiary alicyclic amines) is 1. The summed E-state index contributed by atoms with van der Waals surface area (Å²) in [6.45, 7) is 3.16. The number of carbonyl (C=O) groups excluding carboxylic acids is 1. The first-order chi connectivity index (χ1) is 12.2. The van der Waals surface area contributed by atoms with Gasteiger partial charge in [-0.2, -0.15) is 0 Å². The summed E-state index contributed by atoms with van der Waals surface area (Å²) < 4.78 is 1.55. The Morgan fingerprint density at radius 2 is 2.12 bits per heavy atom. The number of halogens is 1. The Morgan fingerprint density at radius 1 is 1.27 bits per heavy atom. The summed E-state index contributed by atoms with van der Waals surface area (Å²) in [6.07, 6.45) is 5.34. The number of carbonyl (C=O) groups is 1. The average Bonchev–Trinajstić information content (AvgIpc) is 2.67. The lowest BCUT2D eigenvalue weighted by molar-refractivity contribution is -0.133. The third kappa shape index (κ3) is 3.76. The Balaban J connectivity index is 0.00000196. The second-order valence-corrected chi connectivity index (χ2v) is 7.10. The van der Waals surface area contributed by atoms with Crippen molar-refractivity contribution in [1.82, 2.24) is 19.8 Å². The van der Waals surface area contributed by atoms with Gasteiger partial charge >= 0.3 is 0 Å². The molecule has 2 saturated heterocycles. The van der Waals surface area contributed by atoms with Crippen molar-refractivity contribution in [3.63, 3.8) is 0 Å². The van der Waals surface area contributed by atoms with Gasteiger partial charge in [0.1, 0.15) is 0 Å². The quantitative estimate of drug-likeness (QED) is 0.887. The lowest BCUT2D eigenvalue weighted by atomic mass is 9.85. The van der Waals surface area contributed by atoms with Crippen LogP contribution in [0.1, 0.15) is 25.7 Å². The first-order valence-corrected chi connectivity index (χ1v) is 9.18. The van der Waals surface area contributed by atoms with Crippen molar-refractivity contribution in [3.05, 3.63) is 40.9 Å². The van der Waals surface area contributed by atoms with E-state index in [-0.39, 0.29) is 23.9 Å². The Hall–Kier alpha value is -1.92. The van der Waals surface area contributed by atoms with Gasteiger partial charge in [-0.1, -0.05) is 12.1 Å². The molecule has 2 fully saturated rings. The zero-order valence-corrected chi connectivity index (χ0v) is 15.6. The van der Waals surface area contributed by atoms with Crippen LogP contribution in [0, 0.1) is 5.92 Å². The maximum Gasteiger partial charge on any atom is 0.261 e. The molecule has 2 aliphatic rings. The molecule has 0 unspecified atom stereocenters. The molecular formula is C19H25ClN4O2. The monoisotopic (exact) mass is 376 g/mol. The van der Waals surface area contributed by atoms with Crippen LogP contribution < -0.4 is 10.9 Å². The molecule has 4 rings (SSSR count). The Bertz CT molecular complexity index is 838. The minimum atomic E-state index is -0.0754. The smallest absolute Gasteiger partial charge is 0.261 e. The molecular weight excluding hydrogens is 352 g/mol. The van der Waals surface area contributed by atoms with Gasteiger partial charge in [0.2, 0.25) is 5.91 Å². The molecule has 26 heavy (non-hydrogen) atoms. The summed E-state index contributed by atoms with van der Waals surface area (Å²) in [5.41, 5.74) is 0.621. The molecule has 3 heterocycles. The Labute approximate surface area is 159 Å². The van der Waals surface area contributed by atoms with Gasteiger partial charge in [-0.05, 0) is 43.9 Å². The van der Waals surface area contributed by atoms with E-state index in [1.807, 2.05) is 23.1 Å². The van der Waals surface area contributed by atoms with Crippen molar-refractivity contribution in [1.29, 1.82) is 0 Å². The summed E-state index contributed by atoms with van der Waals surface area (Å²) in [4.78, 5) is 31.4. The molecule has 0 bridgehead atoms. The molecule has 2 atom stereocenters. The zero-order chi connectivity index (χ0) is 17.2. The summed E-state index contributed by atoms with van der Waals surface area (Å²) in [5, 5.41) is 4.17. The Kier molecular flexibility index (Phi) is 5.94. The van der Waals surface area contributed by atoms with Gasteiger partial charge in [0.25, 0.3) is 5.56 Å². The summed E-state index contributed by atoms with van der Waals surface area (Å²) in [5.74, 6) is 0.723. The molecule has 140 valence electrons. The SMILES string of the molecule is Cl.O=C(CCn1cnc2ccccc2c1=O)N1CC[C@@H]2NCCC[C@@H]2C1. The van der Waals surface area contributed by atoms with Gasteiger partial charge < -0.3 is 10.2 Å². The van der Waals surface area contributed by atoms with E-state index in [1.165, 1.54) is 12.8 Å². The van der Waals surface area contributed by atoms with E-state index in [9.17, 15) is 9.59 Å². The maximum absolute atomic E-state index is 12.6. The van der Waals surface area contributed by atoms with Crippen molar-refractivity contribution in [2.45, 2.75) is 38.3 Å². The van der Waals surface area contributed by atoms with Crippen LogP contribution in [0.5, 0.6) is 0 Å². The number of aromatic nitrogens is 2. The van der Waals surface area contributed by atoms with E-state index in [0.717, 1.165) is 26.1 Å². The highest BCUT2D eigenvalue weighted by molar-refractivity contribution is 5.85. The number of nitrogens with zero attached hydrogens (tertiary/aromatic N) is 3. The largest absolute Gasteiger partial charge is 0.342 e. The second kappa shape index (κ2) is 8.18. The standard InChI is InChI=1S/C19H24N4O2.ClH/c24-18(22-10-7-16-14(12-22)4-3-9-20-16)8-11-23-13-21-17-6-2-1-5-15(17)19(23)25;/h1-2,5-6,13-14,16,20H,3-4,7-12H2;1H/t14-,16+;/m1./s1. The van der Waals surface area contributed by atoms with Crippen molar-refractivity contribution >= 4 is 29.2 Å². The molecule has 1 amide bonds. The van der Waals surface area contributed by atoms with Gasteiger partial charge in [0.15, 0.2) is 0 Å². The van der Waals surface area contributed by atoms with Crippen LogP contribution in [0.15, 0.2) is 35.4 Å². The van der Waals surface area contributed by atoms with Crippen molar-refractivity contribution in [3.8, 4) is 0 Å². The first kappa shape index (κ1) is 18.9. The number of nitrogens with one attached hydrogen (secondary N) is 1. The Morgan fingerprint density at radius 3 is 3.00 bits per heavy atom. The van der Waals surface area contributed by atoms with E-state index in [2.05, 4.69) is 10.3 Å². The minimum absolute atomic E-state index is 0. The van der Waals surface area contributed by atoms with Crippen molar-refractivity contribution in [2.24, 2.45) is 5.92 Å². The fraction of sp³-hybridized carbons (Fsp3) is 0.526. The molecule has 1 aromatic heterocycles. The maximum atomic E-state index is 12.6. The van der Waals surface area contributed by atoms with Crippen LogP contribution in [-0.4, -0.2) is 46.0 Å². The van der Waals surface area contributed by atoms with E-state index >= 15 is 0 Å². The molecule has 1 N–H and O–H groups in total. The average molecular weight is 377 g/mol. The number of amides is 1. The number of rotatable bonds is 3. The van der Waals surface area contributed by atoms with Crippen molar-refractivity contribution < 1.29 is 4.79 Å². The van der Waals surface area contributed by atoms with Crippen LogP contribution in [0.4, 0.5) is 0 Å². The van der Waals surface area contributed by atoms with Crippen LogP contribution in [0.3, 0.4) is 0 Å². The fourth-order valence-electron chi connectivity index (χ4n) is 4.11. The highest BCUT2D eigenvalue weighted by atomic mass is 35.5. The summed E-state index contributed by atoms with van der Waals surface area (Å²) in [6, 6.07) is 7.89. The van der Waals surface area contributed by atoms with E-state index in [4.69, 9.17) is 0 Å². The summed E-state index contributed by atoms with van der Waals surface area (Å²) in [7, 11) is 0. The predicted octanol–water partition coefficient (Wildman–Crippen LogP) is 1.81. The minimum Gasteiger partial charge on any atom is -0.342 e. The van der Waals surface area contributed by atoms with E-state index in [0.29, 0.717) is 35.8 Å². The van der Waals surface area contributed by atoms with Crippen LogP contribution in [0.2, 0.25) is 0 Å². The topological polar surface area (TPSA) is 67.2 Å². The number of hydrogen-bond acceptors (Lipinski definition) is 4. The number of hydrogen-bond donors (Lipinski definition) is 1. The molecule has 6 nitrogen and oxygen atoms in total. The van der Waals surface area contributed by atoms with Gasteiger partial charge in [-0.3, -0.25) is 14.2 Å². The number of fused-ring (bicyclic) bond motifs is 2. The van der Waals surface area contributed by atoms with E-state index in [1.54, 1.807) is 17.0 Å². The van der Waals surface area contributed by atoms with E-state index < -0.39 is 0 Å². The predicted molar refractivity (Wildman–Crippen MR) is 104 cm³/mol. The second-order valence-electron chi connectivity index (χ2n) is 7.10. The highest BCUT2D eigenvalue weighted by Gasteiger charge is 2.32. The molecule has 0 saturated carbocycles. The van der Waals surface area contributed by atoms with Crippen LogP contribution >= 0.6 is 12.4 Å². The summed E-state index contributed by atoms with van der Waals surface area (Å²) >= 11 is 0. The normalized spacial score (nSPS) is 22.5. The first-order valence-electron chi connectivity index (χ1n) is 9.18. The van der Waals surface area contributed by atoms with Gasteiger partial charge in [-0.25, -0.2) is 4.98 Å². The number of piperidine rings is 2. The molecule has 0 aliphatic carbocycles. The molecule has 0 radical (unpaired) electrons. The third-order valence-electron chi connectivity index (χ3n) is 5.54. The highest BCUT2D eigenvalue weighted by Crippen LogP contribution is 2.25. The molecule has 0 spiro atoms. The molecule has 1 aromatic carbocycles. The molecule has 2 aromatic rings. The number of para-hydroxylation sites is 1. The zero-order valence-electron chi connectivity index (χ0n) is 14.8. The van der Waals surface area contributed by atoms with Gasteiger partial charge in [-0.15, -0.1) is 12.4 Å².